The highest BCUT2D eigenvalue weighted by Crippen LogP contribution is 2.24. The predicted octanol–water partition coefficient (Wildman–Crippen LogP) is 1.88. The number of nitrogens with zero attached hydrogens (tertiary/aromatic N) is 3. The van der Waals surface area contributed by atoms with Crippen LogP contribution in [0, 0.1) is 20.8 Å². The molecule has 3 N–H and O–H groups in total. The quantitative estimate of drug-likeness (QED) is 0.807. The molecule has 0 unspecified atom stereocenters. The van der Waals surface area contributed by atoms with Crippen molar-refractivity contribution in [3.05, 3.63) is 46.4 Å². The Hall–Kier alpha value is -2.67. The highest BCUT2D eigenvalue weighted by atomic mass is 16.5. The number of nitrogens with one attached hydrogen (secondary N) is 1. The van der Waals surface area contributed by atoms with Gasteiger partial charge in [0.05, 0.1) is 7.11 Å². The Balaban J connectivity index is 1.65. The lowest BCUT2D eigenvalue weighted by atomic mass is 10.1. The number of carbonyl (C=O) groups is 1. The van der Waals surface area contributed by atoms with Gasteiger partial charge in [0.25, 0.3) is 5.91 Å². The monoisotopic (exact) mass is 369 g/mol. The third-order valence-electron chi connectivity index (χ3n) is 5.13. The number of amides is 1. The molecule has 1 aliphatic rings. The number of rotatable bonds is 6. The van der Waals surface area contributed by atoms with E-state index in [0.717, 1.165) is 54.4 Å². The second-order valence-electron chi connectivity index (χ2n) is 7.06. The van der Waals surface area contributed by atoms with E-state index in [4.69, 9.17) is 10.5 Å². The molecule has 7 nitrogen and oxygen atoms in total. The van der Waals surface area contributed by atoms with Crippen molar-refractivity contribution in [2.45, 2.75) is 39.8 Å². The topological polar surface area (TPSA) is 93.4 Å². The Kier molecular flexibility index (Phi) is 5.60. The van der Waals surface area contributed by atoms with Crippen LogP contribution in [0.1, 0.15) is 39.4 Å². The van der Waals surface area contributed by atoms with Crippen molar-refractivity contribution in [3.63, 3.8) is 0 Å². The Labute approximate surface area is 159 Å². The van der Waals surface area contributed by atoms with Gasteiger partial charge in [-0.25, -0.2) is 9.97 Å². The van der Waals surface area contributed by atoms with Crippen LogP contribution in [0.4, 0.5) is 5.82 Å². The molecule has 0 saturated carbocycles. The van der Waals surface area contributed by atoms with Crippen LogP contribution in [0.5, 0.6) is 5.75 Å². The summed E-state index contributed by atoms with van der Waals surface area (Å²) in [7, 11) is 1.69. The summed E-state index contributed by atoms with van der Waals surface area (Å²) in [6, 6.07) is 6.60. The molecule has 1 aromatic heterocycles. The van der Waals surface area contributed by atoms with E-state index in [1.165, 1.54) is 5.56 Å². The van der Waals surface area contributed by atoms with Crippen LogP contribution >= 0.6 is 0 Å². The first-order valence-electron chi connectivity index (χ1n) is 9.16. The van der Waals surface area contributed by atoms with Gasteiger partial charge in [0.15, 0.2) is 0 Å². The van der Waals surface area contributed by atoms with Crippen molar-refractivity contribution in [2.75, 3.05) is 25.1 Å². The number of hydrogen-bond donors (Lipinski definition) is 2. The van der Waals surface area contributed by atoms with Gasteiger partial charge in [0.2, 0.25) is 5.82 Å². The van der Waals surface area contributed by atoms with Crippen molar-refractivity contribution < 1.29 is 9.53 Å². The fraction of sp³-hybridized carbons (Fsp3) is 0.450. The van der Waals surface area contributed by atoms with E-state index < -0.39 is 5.91 Å². The molecule has 1 atom stereocenters. The van der Waals surface area contributed by atoms with Crippen LogP contribution in [0.15, 0.2) is 18.2 Å². The number of aromatic nitrogens is 2. The zero-order chi connectivity index (χ0) is 19.6. The third-order valence-corrected chi connectivity index (χ3v) is 5.13. The first-order chi connectivity index (χ1) is 12.9. The van der Waals surface area contributed by atoms with Gasteiger partial charge in [-0.2, -0.15) is 0 Å². The molecule has 1 aliphatic heterocycles. The summed E-state index contributed by atoms with van der Waals surface area (Å²) < 4.78 is 5.32. The average Bonchev–Trinajstić information content (AvgIpc) is 3.11. The van der Waals surface area contributed by atoms with Gasteiger partial charge in [0.1, 0.15) is 11.6 Å². The number of benzene rings is 1. The van der Waals surface area contributed by atoms with Crippen molar-refractivity contribution in [3.8, 4) is 5.75 Å². The smallest absolute Gasteiger partial charge is 0.286 e. The van der Waals surface area contributed by atoms with E-state index in [-0.39, 0.29) is 5.82 Å². The van der Waals surface area contributed by atoms with Crippen LogP contribution in [-0.2, 0) is 6.54 Å². The van der Waals surface area contributed by atoms with Crippen molar-refractivity contribution in [2.24, 2.45) is 5.73 Å². The molecule has 1 amide bonds. The molecule has 27 heavy (non-hydrogen) atoms. The van der Waals surface area contributed by atoms with Crippen molar-refractivity contribution >= 4 is 11.7 Å². The Morgan fingerprint density at radius 2 is 2.11 bits per heavy atom. The number of carbonyl (C=O) groups excluding carboxylic acids is 1. The summed E-state index contributed by atoms with van der Waals surface area (Å²) in [5.41, 5.74) is 9.52. The normalized spacial score (nSPS) is 16.6. The lowest BCUT2D eigenvalue weighted by Gasteiger charge is -2.21. The maximum absolute atomic E-state index is 11.5. The van der Waals surface area contributed by atoms with Crippen LogP contribution in [0.2, 0.25) is 0 Å². The van der Waals surface area contributed by atoms with Crippen molar-refractivity contribution in [1.82, 2.24) is 15.3 Å². The number of nitrogens with two attached hydrogens (primary N) is 1. The number of ether oxygens (including phenoxy) is 1. The van der Waals surface area contributed by atoms with Crippen LogP contribution in [0.3, 0.4) is 0 Å². The van der Waals surface area contributed by atoms with Gasteiger partial charge >= 0.3 is 0 Å². The number of primary amides is 1. The summed E-state index contributed by atoms with van der Waals surface area (Å²) in [6.07, 6.45) is 1.02. The minimum atomic E-state index is -0.594. The fourth-order valence-corrected chi connectivity index (χ4v) is 3.46. The van der Waals surface area contributed by atoms with Gasteiger partial charge < -0.3 is 20.7 Å². The molecule has 3 rings (SSSR count). The molecule has 144 valence electrons. The molecule has 1 aromatic carbocycles. The minimum Gasteiger partial charge on any atom is -0.496 e. The zero-order valence-electron chi connectivity index (χ0n) is 16.4. The first kappa shape index (κ1) is 19.1. The number of methoxy groups -OCH3 is 1. The maximum Gasteiger partial charge on any atom is 0.286 e. The summed E-state index contributed by atoms with van der Waals surface area (Å²) >= 11 is 0. The van der Waals surface area contributed by atoms with E-state index in [1.807, 2.05) is 19.9 Å². The van der Waals surface area contributed by atoms with E-state index >= 15 is 0 Å². The van der Waals surface area contributed by atoms with E-state index in [0.29, 0.717) is 6.04 Å². The Bertz CT molecular complexity index is 853. The summed E-state index contributed by atoms with van der Waals surface area (Å²) in [4.78, 5) is 22.3. The molecule has 2 heterocycles. The Morgan fingerprint density at radius 1 is 1.33 bits per heavy atom. The van der Waals surface area contributed by atoms with Gasteiger partial charge in [-0.3, -0.25) is 4.79 Å². The van der Waals surface area contributed by atoms with Gasteiger partial charge in [-0.15, -0.1) is 0 Å². The average molecular weight is 369 g/mol. The second kappa shape index (κ2) is 7.92. The van der Waals surface area contributed by atoms with Gasteiger partial charge in [0, 0.05) is 36.9 Å². The molecular weight excluding hydrogens is 342 g/mol. The third kappa shape index (κ3) is 4.19. The van der Waals surface area contributed by atoms with E-state index in [2.05, 4.69) is 39.2 Å². The summed E-state index contributed by atoms with van der Waals surface area (Å²) in [5.74, 6) is 1.20. The highest BCUT2D eigenvalue weighted by Gasteiger charge is 2.26. The molecular formula is C20H27N5O2. The number of hydrogen-bond acceptors (Lipinski definition) is 6. The first-order valence-corrected chi connectivity index (χ1v) is 9.16. The molecule has 0 bridgehead atoms. The predicted molar refractivity (Wildman–Crippen MR) is 105 cm³/mol. The molecule has 0 radical (unpaired) electrons. The van der Waals surface area contributed by atoms with Crippen molar-refractivity contribution in [1.29, 1.82) is 0 Å². The van der Waals surface area contributed by atoms with Crippen LogP contribution < -0.4 is 20.7 Å². The largest absolute Gasteiger partial charge is 0.496 e. The van der Waals surface area contributed by atoms with Crippen LogP contribution in [-0.4, -0.2) is 42.1 Å². The lowest BCUT2D eigenvalue weighted by Crippen LogP contribution is -2.33. The van der Waals surface area contributed by atoms with E-state index in [1.54, 1.807) is 7.11 Å². The fourth-order valence-electron chi connectivity index (χ4n) is 3.46. The van der Waals surface area contributed by atoms with E-state index in [9.17, 15) is 4.79 Å². The van der Waals surface area contributed by atoms with Gasteiger partial charge in [-0.05, 0) is 44.4 Å². The zero-order valence-corrected chi connectivity index (χ0v) is 16.4. The molecule has 1 fully saturated rings. The van der Waals surface area contributed by atoms with Gasteiger partial charge in [-0.1, -0.05) is 12.1 Å². The standard InChI is InChI=1S/C20H27N5O2/c1-12-9-15(5-6-17(12)27-4)10-22-16-7-8-25(11-16)20-13(2)14(3)23-19(24-20)18(21)26/h5-6,9,16,22H,7-8,10-11H2,1-4H3,(H2,21,26)/t16-/m1/s1. The highest BCUT2D eigenvalue weighted by molar-refractivity contribution is 5.89. The lowest BCUT2D eigenvalue weighted by molar-refractivity contribution is 0.0990. The number of anilines is 1. The number of aryl methyl sites for hydroxylation is 2. The molecule has 2 aromatic rings. The Morgan fingerprint density at radius 3 is 2.78 bits per heavy atom. The SMILES string of the molecule is COc1ccc(CN[C@@H]2CCN(c3nc(C(N)=O)nc(C)c3C)C2)cc1C. The minimum absolute atomic E-state index is 0.0817. The summed E-state index contributed by atoms with van der Waals surface area (Å²) in [5, 5.41) is 3.62. The molecule has 1 saturated heterocycles. The second-order valence-corrected chi connectivity index (χ2v) is 7.06. The molecule has 7 heteroatoms. The molecule has 0 spiro atoms. The summed E-state index contributed by atoms with van der Waals surface area (Å²) in [6.45, 7) is 8.44. The van der Waals surface area contributed by atoms with Crippen LogP contribution in [0.25, 0.3) is 0 Å². The molecule has 0 aliphatic carbocycles. The maximum atomic E-state index is 11.5.